The Hall–Kier alpha value is -4.83. The van der Waals surface area contributed by atoms with Gasteiger partial charge in [-0.15, -0.1) is 0 Å². The summed E-state index contributed by atoms with van der Waals surface area (Å²) >= 11 is 0. The van der Waals surface area contributed by atoms with Crippen LogP contribution in [0.15, 0.2) is 158 Å². The molecule has 0 saturated carbocycles. The van der Waals surface area contributed by atoms with E-state index in [2.05, 4.69) is 179 Å². The van der Waals surface area contributed by atoms with E-state index in [1.165, 1.54) is 109 Å². The average molecular weight is 1570 g/mol. The van der Waals surface area contributed by atoms with E-state index in [0.29, 0.717) is 19.3 Å². The average Bonchev–Trinajstić information content (AvgIpc) is 0.896. The number of hydrogen-bond donors (Lipinski definition) is 4. The van der Waals surface area contributed by atoms with E-state index in [9.17, 15) is 43.5 Å². The lowest BCUT2D eigenvalue weighted by Gasteiger charge is -2.21. The third kappa shape index (κ3) is 83.9. The molecule has 0 bridgehead atoms. The molecular formula is C91H154O16P2. The van der Waals surface area contributed by atoms with E-state index in [1.807, 2.05) is 0 Å². The van der Waals surface area contributed by atoms with Gasteiger partial charge in [-0.2, -0.15) is 0 Å². The van der Waals surface area contributed by atoms with Gasteiger partial charge in [0.2, 0.25) is 0 Å². The van der Waals surface area contributed by atoms with Crippen LogP contribution in [0, 0.1) is 0 Å². The Morgan fingerprint density at radius 3 is 0.771 bits per heavy atom. The second-order valence-corrected chi connectivity index (χ2v) is 31.1. The highest BCUT2D eigenvalue weighted by atomic mass is 31.2. The Kier molecular flexibility index (Phi) is 79.0. The van der Waals surface area contributed by atoms with Crippen molar-refractivity contribution < 1.29 is 75.8 Å². The van der Waals surface area contributed by atoms with Crippen molar-refractivity contribution in [1.82, 2.24) is 0 Å². The number of carbonyl (C=O) groups is 3. The lowest BCUT2D eigenvalue weighted by molar-refractivity contribution is -0.161. The Morgan fingerprint density at radius 2 is 0.486 bits per heavy atom. The summed E-state index contributed by atoms with van der Waals surface area (Å²) in [4.78, 5) is 58.8. The normalized spacial score (nSPS) is 14.7. The maximum atomic E-state index is 13.0. The standard InChI is InChI=1S/C91H154O16P2/c1-4-7-10-13-16-19-22-25-28-31-34-36-37-38-39-40-41-42-43-44-45-46-47-49-52-53-56-59-62-65-68-71-74-77-89(94)101-80-86(92)81-103-108(97,98)104-82-87(93)83-105-109(99,100)106-85-88(107-91(96)79-76-73-70-67-64-61-58-55-50-33-30-27-24-21-18-15-12-9-6-3)84-102-90(95)78-75-72-69-66-63-60-57-54-51-48-35-32-29-26-23-20-17-14-11-8-5-2/h7-8,10-11,16-21,25-30,34-36,38-39,48,50,54-55,57,86-88,92-93H,4-6,9,12-15,22-24,31-33,37,40-47,49,51-53,56,58-85H2,1-3H3,(H,97,98)(H,99,100)/b10-7-,11-8-,19-16-,20-17-,21-18-,28-25-,29-26-,30-27-,36-34-,39-38-,48-35-,55-50-,57-54-. The van der Waals surface area contributed by atoms with Gasteiger partial charge in [0.05, 0.1) is 26.4 Å². The molecule has 5 unspecified atom stereocenters. The Labute approximate surface area is 663 Å². The van der Waals surface area contributed by atoms with Gasteiger partial charge in [0.15, 0.2) is 6.10 Å². The number of esters is 3. The van der Waals surface area contributed by atoms with Crippen molar-refractivity contribution in [2.24, 2.45) is 0 Å². The minimum Gasteiger partial charge on any atom is -0.463 e. The molecule has 0 aliphatic rings. The number of phosphoric acid groups is 2. The number of rotatable bonds is 80. The predicted molar refractivity (Wildman–Crippen MR) is 454 cm³/mol. The molecule has 0 aromatic rings. The van der Waals surface area contributed by atoms with Crippen LogP contribution in [0.5, 0.6) is 0 Å². The number of hydrogen-bond acceptors (Lipinski definition) is 14. The Balaban J connectivity index is 4.54. The molecule has 0 fully saturated rings. The zero-order valence-electron chi connectivity index (χ0n) is 68.4. The van der Waals surface area contributed by atoms with Crippen LogP contribution >= 0.6 is 15.6 Å². The molecule has 0 aromatic carbocycles. The maximum absolute atomic E-state index is 13.0. The van der Waals surface area contributed by atoms with Gasteiger partial charge in [0.25, 0.3) is 0 Å². The van der Waals surface area contributed by atoms with Gasteiger partial charge >= 0.3 is 33.6 Å². The topological polar surface area (TPSA) is 231 Å². The zero-order chi connectivity index (χ0) is 79.4. The molecule has 16 nitrogen and oxygen atoms in total. The molecule has 0 aliphatic heterocycles. The van der Waals surface area contributed by atoms with Crippen molar-refractivity contribution in [3.05, 3.63) is 158 Å². The van der Waals surface area contributed by atoms with Crippen LogP contribution in [0.4, 0.5) is 0 Å². The third-order valence-corrected chi connectivity index (χ3v) is 19.6. The maximum Gasteiger partial charge on any atom is 0.472 e. The molecule has 0 amide bonds. The molecule has 18 heteroatoms. The minimum absolute atomic E-state index is 0.0814. The van der Waals surface area contributed by atoms with E-state index >= 15 is 0 Å². The zero-order valence-corrected chi connectivity index (χ0v) is 70.2. The Morgan fingerprint density at radius 1 is 0.266 bits per heavy atom. The van der Waals surface area contributed by atoms with Crippen LogP contribution in [-0.2, 0) is 55.8 Å². The molecule has 4 N–H and O–H groups in total. The number of aliphatic hydroxyl groups excluding tert-OH is 2. The van der Waals surface area contributed by atoms with Crippen molar-refractivity contribution in [2.45, 2.75) is 360 Å². The van der Waals surface area contributed by atoms with Gasteiger partial charge in [0, 0.05) is 19.3 Å². The van der Waals surface area contributed by atoms with Crippen molar-refractivity contribution in [3.63, 3.8) is 0 Å². The molecular weight excluding hydrogens is 1410 g/mol. The molecule has 0 saturated heterocycles. The molecule has 0 heterocycles. The van der Waals surface area contributed by atoms with Crippen LogP contribution in [0.25, 0.3) is 0 Å². The van der Waals surface area contributed by atoms with Gasteiger partial charge in [-0.05, 0) is 148 Å². The lowest BCUT2D eigenvalue weighted by atomic mass is 10.0. The van der Waals surface area contributed by atoms with Crippen LogP contribution in [0.1, 0.15) is 342 Å². The van der Waals surface area contributed by atoms with Crippen molar-refractivity contribution >= 4 is 33.6 Å². The summed E-state index contributed by atoms with van der Waals surface area (Å²) in [5.41, 5.74) is 0. The molecule has 624 valence electrons. The fraction of sp³-hybridized carbons (Fsp3) is 0.681. The largest absolute Gasteiger partial charge is 0.472 e. The lowest BCUT2D eigenvalue weighted by Crippen LogP contribution is -2.30. The first-order valence-electron chi connectivity index (χ1n) is 42.8. The third-order valence-electron chi connectivity index (χ3n) is 17.7. The fourth-order valence-corrected chi connectivity index (χ4v) is 12.9. The molecule has 0 radical (unpaired) electrons. The van der Waals surface area contributed by atoms with E-state index in [-0.39, 0.29) is 19.3 Å². The SMILES string of the molecule is CC/C=C\C/C=C\C/C=C\C/C=C\C/C=C\CCCCCCCCCCCCCCCCCCCC(=O)OCC(O)COP(=O)(O)OCC(O)COP(=O)(O)OCC(COC(=O)CCCCCCC/C=C\C/C=C\C/C=C\C/C=C\C/C=C\CC)OC(=O)CCCCCCCC/C=C\C/C=C\C/C=C\CCCCC. The highest BCUT2D eigenvalue weighted by Gasteiger charge is 2.29. The summed E-state index contributed by atoms with van der Waals surface area (Å²) in [5.74, 6) is -1.61. The van der Waals surface area contributed by atoms with E-state index in [4.69, 9.17) is 32.3 Å². The minimum atomic E-state index is -4.95. The summed E-state index contributed by atoms with van der Waals surface area (Å²) in [5, 5.41) is 20.7. The van der Waals surface area contributed by atoms with Crippen LogP contribution in [0.2, 0.25) is 0 Å². The van der Waals surface area contributed by atoms with Crippen LogP contribution in [0.3, 0.4) is 0 Å². The highest BCUT2D eigenvalue weighted by Crippen LogP contribution is 2.45. The summed E-state index contributed by atoms with van der Waals surface area (Å²) in [6.07, 6.45) is 104. The summed E-state index contributed by atoms with van der Waals surface area (Å²) in [6, 6.07) is 0. The summed E-state index contributed by atoms with van der Waals surface area (Å²) < 4.78 is 61.3. The van der Waals surface area contributed by atoms with E-state index < -0.39 is 91.5 Å². The summed E-state index contributed by atoms with van der Waals surface area (Å²) in [6.45, 7) is 2.41. The van der Waals surface area contributed by atoms with Gasteiger partial charge in [0.1, 0.15) is 25.4 Å². The monoisotopic (exact) mass is 1570 g/mol. The second-order valence-electron chi connectivity index (χ2n) is 28.2. The molecule has 0 rings (SSSR count). The van der Waals surface area contributed by atoms with Gasteiger partial charge in [-0.1, -0.05) is 333 Å². The van der Waals surface area contributed by atoms with Crippen LogP contribution < -0.4 is 0 Å². The number of carbonyl (C=O) groups excluding carboxylic acids is 3. The summed E-state index contributed by atoms with van der Waals surface area (Å²) in [7, 11) is -9.81. The van der Waals surface area contributed by atoms with Crippen molar-refractivity contribution in [2.75, 3.05) is 39.6 Å². The molecule has 0 aromatic heterocycles. The predicted octanol–water partition coefficient (Wildman–Crippen LogP) is 25.8. The van der Waals surface area contributed by atoms with Gasteiger partial charge < -0.3 is 34.2 Å². The van der Waals surface area contributed by atoms with Gasteiger partial charge in [-0.3, -0.25) is 32.5 Å². The quantitative estimate of drug-likeness (QED) is 0.0146. The first-order chi connectivity index (χ1) is 53.2. The Bertz CT molecular complexity index is 2610. The number of ether oxygens (including phenoxy) is 3. The number of allylic oxidation sites excluding steroid dienone is 26. The molecule has 5 atom stereocenters. The fourth-order valence-electron chi connectivity index (χ4n) is 11.3. The highest BCUT2D eigenvalue weighted by molar-refractivity contribution is 7.47. The van der Waals surface area contributed by atoms with E-state index in [0.717, 1.165) is 173 Å². The van der Waals surface area contributed by atoms with Crippen molar-refractivity contribution in [3.8, 4) is 0 Å². The molecule has 0 spiro atoms. The van der Waals surface area contributed by atoms with Gasteiger partial charge in [-0.25, -0.2) is 9.13 Å². The van der Waals surface area contributed by atoms with Crippen molar-refractivity contribution in [1.29, 1.82) is 0 Å². The van der Waals surface area contributed by atoms with Crippen LogP contribution in [-0.4, -0.2) is 95.9 Å². The second kappa shape index (κ2) is 82.6. The number of aliphatic hydroxyl groups is 2. The van der Waals surface area contributed by atoms with E-state index in [1.54, 1.807) is 0 Å². The number of phosphoric ester groups is 2. The molecule has 0 aliphatic carbocycles. The smallest absolute Gasteiger partial charge is 0.463 e. The first kappa shape index (κ1) is 104. The number of unbranched alkanes of at least 4 members (excludes halogenated alkanes) is 31. The molecule has 109 heavy (non-hydrogen) atoms. The first-order valence-corrected chi connectivity index (χ1v) is 45.8.